The van der Waals surface area contributed by atoms with Gasteiger partial charge in [-0.05, 0) is 41.8 Å². The van der Waals surface area contributed by atoms with Crippen molar-refractivity contribution in [3.8, 4) is 22.9 Å². The normalized spacial score (nSPS) is 10.3. The molecular weight excluding hydrogens is 246 g/mol. The number of nitrogens with zero attached hydrogens (tertiary/aromatic N) is 1. The monoisotopic (exact) mass is 264 g/mol. The molecule has 2 rings (SSSR count). The van der Waals surface area contributed by atoms with Crippen LogP contribution in [-0.4, -0.2) is 6.61 Å². The van der Waals surface area contributed by atoms with E-state index in [2.05, 4.69) is 19.9 Å². The van der Waals surface area contributed by atoms with Crippen LogP contribution < -0.4 is 4.74 Å². The van der Waals surface area contributed by atoms with Gasteiger partial charge in [-0.2, -0.15) is 5.26 Å². The van der Waals surface area contributed by atoms with Gasteiger partial charge >= 0.3 is 0 Å². The lowest BCUT2D eigenvalue weighted by Gasteiger charge is -2.11. The molecule has 0 aromatic heterocycles. The Morgan fingerprint density at radius 2 is 1.55 bits per heavy atom. The molecule has 2 aromatic rings. The molecule has 2 heteroatoms. The molecule has 0 N–H and O–H groups in total. The van der Waals surface area contributed by atoms with Crippen LogP contribution in [0.5, 0.6) is 5.75 Å². The van der Waals surface area contributed by atoms with Gasteiger partial charge in [0, 0.05) is 5.92 Å². The van der Waals surface area contributed by atoms with Crippen LogP contribution in [0.15, 0.2) is 48.5 Å². The van der Waals surface area contributed by atoms with Crippen molar-refractivity contribution in [1.82, 2.24) is 0 Å². The largest absolute Gasteiger partial charge is 0.493 e. The summed E-state index contributed by atoms with van der Waals surface area (Å²) in [6, 6.07) is 17.8. The molecule has 2 nitrogen and oxygen atoms in total. The zero-order valence-corrected chi connectivity index (χ0v) is 11.9. The Morgan fingerprint density at radius 1 is 1.00 bits per heavy atom. The first-order valence-electron chi connectivity index (χ1n) is 6.77. The van der Waals surface area contributed by atoms with E-state index in [0.29, 0.717) is 12.2 Å². The zero-order valence-electron chi connectivity index (χ0n) is 11.9. The first kappa shape index (κ1) is 14.1. The summed E-state index contributed by atoms with van der Waals surface area (Å²) in [5.74, 6) is 2.22. The van der Waals surface area contributed by atoms with Crippen molar-refractivity contribution in [2.24, 2.45) is 0 Å². The molecule has 101 valence electrons. The third-order valence-electron chi connectivity index (χ3n) is 3.29. The molecule has 0 heterocycles. The van der Waals surface area contributed by atoms with Gasteiger partial charge < -0.3 is 4.74 Å². The Bertz CT molecular complexity index is 578. The molecule has 0 bridgehead atoms. The SMILES string of the molecule is CC[C](C)COc1ccc(-c2ccc(C#N)cc2)cc1. The molecule has 0 saturated carbocycles. The Kier molecular flexibility index (Phi) is 4.79. The zero-order chi connectivity index (χ0) is 14.4. The summed E-state index contributed by atoms with van der Waals surface area (Å²) in [5.41, 5.74) is 2.91. The molecule has 20 heavy (non-hydrogen) atoms. The van der Waals surface area contributed by atoms with E-state index >= 15 is 0 Å². The molecule has 0 aliphatic rings. The number of ether oxygens (including phenoxy) is 1. The minimum Gasteiger partial charge on any atom is -0.493 e. The first-order chi connectivity index (χ1) is 9.72. The maximum atomic E-state index is 8.79. The predicted octanol–water partition coefficient (Wildman–Crippen LogP) is 4.61. The molecule has 0 saturated heterocycles. The molecule has 0 atom stereocenters. The quantitative estimate of drug-likeness (QED) is 0.790. The van der Waals surface area contributed by atoms with Gasteiger partial charge in [0.25, 0.3) is 0 Å². The molecule has 1 radical (unpaired) electrons. The smallest absolute Gasteiger partial charge is 0.119 e. The van der Waals surface area contributed by atoms with Gasteiger partial charge in [-0.3, -0.25) is 0 Å². The van der Waals surface area contributed by atoms with Gasteiger partial charge in [-0.1, -0.05) is 38.1 Å². The van der Waals surface area contributed by atoms with Crippen LogP contribution in [-0.2, 0) is 0 Å². The summed E-state index contributed by atoms with van der Waals surface area (Å²) in [4.78, 5) is 0. The number of hydrogen-bond acceptors (Lipinski definition) is 2. The summed E-state index contributed by atoms with van der Waals surface area (Å²) in [6.45, 7) is 4.91. The molecule has 0 fully saturated rings. The fourth-order valence-corrected chi connectivity index (χ4v) is 1.79. The maximum absolute atomic E-state index is 8.79. The van der Waals surface area contributed by atoms with Crippen LogP contribution in [0.2, 0.25) is 0 Å². The predicted molar refractivity (Wildman–Crippen MR) is 81.3 cm³/mol. The number of rotatable bonds is 5. The van der Waals surface area contributed by atoms with Gasteiger partial charge in [0.05, 0.1) is 18.2 Å². The van der Waals surface area contributed by atoms with E-state index in [9.17, 15) is 0 Å². The number of hydrogen-bond donors (Lipinski definition) is 0. The van der Waals surface area contributed by atoms with Crippen molar-refractivity contribution in [2.45, 2.75) is 20.3 Å². The lowest BCUT2D eigenvalue weighted by molar-refractivity contribution is 0.326. The van der Waals surface area contributed by atoms with E-state index in [1.807, 2.05) is 48.5 Å². The average molecular weight is 264 g/mol. The van der Waals surface area contributed by atoms with Crippen molar-refractivity contribution in [3.63, 3.8) is 0 Å². The van der Waals surface area contributed by atoms with Crippen LogP contribution >= 0.6 is 0 Å². The first-order valence-corrected chi connectivity index (χ1v) is 6.77. The van der Waals surface area contributed by atoms with Gasteiger partial charge in [-0.25, -0.2) is 0 Å². The fourth-order valence-electron chi connectivity index (χ4n) is 1.79. The second-order valence-electron chi connectivity index (χ2n) is 4.81. The third-order valence-corrected chi connectivity index (χ3v) is 3.29. The Labute approximate surface area is 120 Å². The third kappa shape index (κ3) is 3.61. The van der Waals surface area contributed by atoms with E-state index in [1.165, 1.54) is 5.92 Å². The highest BCUT2D eigenvalue weighted by atomic mass is 16.5. The van der Waals surface area contributed by atoms with E-state index in [4.69, 9.17) is 10.00 Å². The van der Waals surface area contributed by atoms with Gasteiger partial charge in [-0.15, -0.1) is 0 Å². The van der Waals surface area contributed by atoms with E-state index in [1.54, 1.807) is 0 Å². The highest BCUT2D eigenvalue weighted by Gasteiger charge is 2.02. The molecule has 0 spiro atoms. The second kappa shape index (κ2) is 6.77. The standard InChI is InChI=1S/C18H18NO/c1-3-14(2)13-20-18-10-8-17(9-11-18)16-6-4-15(12-19)5-7-16/h4-11H,3,13H2,1-2H3. The minimum absolute atomic E-state index is 0.673. The van der Waals surface area contributed by atoms with Crippen LogP contribution in [0.4, 0.5) is 0 Å². The highest BCUT2D eigenvalue weighted by Crippen LogP contribution is 2.23. The summed E-state index contributed by atoms with van der Waals surface area (Å²) in [5, 5.41) is 8.79. The van der Waals surface area contributed by atoms with Crippen molar-refractivity contribution < 1.29 is 4.74 Å². The molecule has 0 unspecified atom stereocenters. The van der Waals surface area contributed by atoms with Crippen molar-refractivity contribution >= 4 is 0 Å². The van der Waals surface area contributed by atoms with Crippen LogP contribution in [0.25, 0.3) is 11.1 Å². The summed E-state index contributed by atoms with van der Waals surface area (Å²) in [7, 11) is 0. The lowest BCUT2D eigenvalue weighted by Crippen LogP contribution is -2.05. The molecular formula is C18H18NO. The number of benzene rings is 2. The maximum Gasteiger partial charge on any atom is 0.119 e. The minimum atomic E-state index is 0.673. The topological polar surface area (TPSA) is 33.0 Å². The van der Waals surface area contributed by atoms with Crippen molar-refractivity contribution in [1.29, 1.82) is 5.26 Å². The van der Waals surface area contributed by atoms with Gasteiger partial charge in [0.15, 0.2) is 0 Å². The van der Waals surface area contributed by atoms with Gasteiger partial charge in [0.2, 0.25) is 0 Å². The summed E-state index contributed by atoms with van der Waals surface area (Å²) in [6.07, 6.45) is 1.04. The van der Waals surface area contributed by atoms with Gasteiger partial charge in [0.1, 0.15) is 5.75 Å². The molecule has 0 aliphatic carbocycles. The van der Waals surface area contributed by atoms with Crippen LogP contribution in [0.3, 0.4) is 0 Å². The Hall–Kier alpha value is -2.27. The van der Waals surface area contributed by atoms with Crippen molar-refractivity contribution in [2.75, 3.05) is 6.61 Å². The van der Waals surface area contributed by atoms with E-state index < -0.39 is 0 Å². The average Bonchev–Trinajstić information content (AvgIpc) is 2.53. The van der Waals surface area contributed by atoms with E-state index in [-0.39, 0.29) is 0 Å². The Morgan fingerprint density at radius 3 is 2.05 bits per heavy atom. The molecule has 0 amide bonds. The molecule has 2 aromatic carbocycles. The lowest BCUT2D eigenvalue weighted by atomic mass is 10.0. The highest BCUT2D eigenvalue weighted by molar-refractivity contribution is 5.64. The molecule has 0 aliphatic heterocycles. The summed E-state index contributed by atoms with van der Waals surface area (Å²) >= 11 is 0. The van der Waals surface area contributed by atoms with E-state index in [0.717, 1.165) is 23.3 Å². The van der Waals surface area contributed by atoms with Crippen LogP contribution in [0.1, 0.15) is 25.8 Å². The Balaban J connectivity index is 2.05. The second-order valence-corrected chi connectivity index (χ2v) is 4.81. The fraction of sp³-hybridized carbons (Fsp3) is 0.222. The number of nitriles is 1. The summed E-state index contributed by atoms with van der Waals surface area (Å²) < 4.78 is 5.71. The van der Waals surface area contributed by atoms with Crippen molar-refractivity contribution in [3.05, 3.63) is 60.0 Å². The van der Waals surface area contributed by atoms with Crippen LogP contribution in [0, 0.1) is 17.2 Å².